The Labute approximate surface area is 105 Å². The molecule has 2 rings (SSSR count). The van der Waals surface area contributed by atoms with Crippen LogP contribution in [0.25, 0.3) is 0 Å². The van der Waals surface area contributed by atoms with Crippen molar-refractivity contribution < 1.29 is 4.74 Å². The number of rotatable bonds is 5. The highest BCUT2D eigenvalue weighted by molar-refractivity contribution is 4.83. The third kappa shape index (κ3) is 4.21. The molecule has 2 heterocycles. The van der Waals surface area contributed by atoms with E-state index in [0.717, 1.165) is 32.8 Å². The van der Waals surface area contributed by atoms with Crippen molar-refractivity contribution in [2.24, 2.45) is 0 Å². The van der Waals surface area contributed by atoms with Gasteiger partial charge in [-0.3, -0.25) is 4.90 Å². The van der Waals surface area contributed by atoms with E-state index in [0.29, 0.717) is 12.1 Å². The number of hydrogen-bond acceptors (Lipinski definition) is 4. The number of ether oxygens (including phenoxy) is 1. The van der Waals surface area contributed by atoms with Gasteiger partial charge in [-0.15, -0.1) is 0 Å². The molecule has 4 heteroatoms. The van der Waals surface area contributed by atoms with E-state index in [1.165, 1.54) is 25.9 Å². The van der Waals surface area contributed by atoms with Crippen LogP contribution in [-0.2, 0) is 4.74 Å². The molecule has 2 saturated heterocycles. The maximum absolute atomic E-state index is 5.82. The van der Waals surface area contributed by atoms with Crippen molar-refractivity contribution in [3.05, 3.63) is 0 Å². The highest BCUT2D eigenvalue weighted by Crippen LogP contribution is 2.12. The van der Waals surface area contributed by atoms with E-state index in [1.807, 2.05) is 0 Å². The maximum Gasteiger partial charge on any atom is 0.0829 e. The molecule has 0 aromatic rings. The first kappa shape index (κ1) is 13.3. The molecule has 0 aromatic carbocycles. The molecule has 2 aliphatic heterocycles. The van der Waals surface area contributed by atoms with Crippen LogP contribution in [0.2, 0.25) is 0 Å². The Bertz CT molecular complexity index is 225. The summed E-state index contributed by atoms with van der Waals surface area (Å²) in [5.41, 5.74) is 0. The fourth-order valence-electron chi connectivity index (χ4n) is 2.78. The van der Waals surface area contributed by atoms with Gasteiger partial charge in [-0.25, -0.2) is 0 Å². The van der Waals surface area contributed by atoms with Crippen LogP contribution in [0.4, 0.5) is 0 Å². The maximum atomic E-state index is 5.82. The van der Waals surface area contributed by atoms with Crippen molar-refractivity contribution in [1.82, 2.24) is 15.1 Å². The van der Waals surface area contributed by atoms with Gasteiger partial charge < -0.3 is 15.0 Å². The molecule has 0 amide bonds. The van der Waals surface area contributed by atoms with Gasteiger partial charge in [0.05, 0.1) is 12.7 Å². The van der Waals surface area contributed by atoms with E-state index < -0.39 is 0 Å². The number of hydrogen-bond donors (Lipinski definition) is 1. The molecule has 4 nitrogen and oxygen atoms in total. The van der Waals surface area contributed by atoms with Crippen LogP contribution < -0.4 is 5.32 Å². The van der Waals surface area contributed by atoms with Crippen LogP contribution in [0.5, 0.6) is 0 Å². The van der Waals surface area contributed by atoms with Gasteiger partial charge >= 0.3 is 0 Å². The molecule has 1 N–H and O–H groups in total. The first-order chi connectivity index (χ1) is 8.28. The summed E-state index contributed by atoms with van der Waals surface area (Å²) in [4.78, 5) is 4.92. The largest absolute Gasteiger partial charge is 0.374 e. The van der Waals surface area contributed by atoms with Gasteiger partial charge in [0.2, 0.25) is 0 Å². The number of likely N-dealkylation sites (tertiary alicyclic amines) is 1. The molecule has 2 fully saturated rings. The lowest BCUT2D eigenvalue weighted by atomic mass is 10.2. The summed E-state index contributed by atoms with van der Waals surface area (Å²) in [5.74, 6) is 0. The van der Waals surface area contributed by atoms with Gasteiger partial charge in [0.1, 0.15) is 0 Å². The fourth-order valence-corrected chi connectivity index (χ4v) is 2.78. The number of likely N-dealkylation sites (N-methyl/N-ethyl adjacent to an activating group) is 1. The highest BCUT2D eigenvalue weighted by Gasteiger charge is 2.26. The van der Waals surface area contributed by atoms with Gasteiger partial charge in [0, 0.05) is 32.2 Å². The van der Waals surface area contributed by atoms with E-state index in [9.17, 15) is 0 Å². The van der Waals surface area contributed by atoms with Crippen molar-refractivity contribution >= 4 is 0 Å². The monoisotopic (exact) mass is 241 g/mol. The van der Waals surface area contributed by atoms with Gasteiger partial charge in [0.25, 0.3) is 0 Å². The van der Waals surface area contributed by atoms with Crippen molar-refractivity contribution in [2.75, 3.05) is 52.9 Å². The van der Waals surface area contributed by atoms with Crippen LogP contribution in [0, 0.1) is 0 Å². The smallest absolute Gasteiger partial charge is 0.0829 e. The van der Waals surface area contributed by atoms with Gasteiger partial charge in [0.15, 0.2) is 0 Å². The third-order valence-electron chi connectivity index (χ3n) is 3.76. The second kappa shape index (κ2) is 6.69. The van der Waals surface area contributed by atoms with Crippen LogP contribution in [0.3, 0.4) is 0 Å². The first-order valence-corrected chi connectivity index (χ1v) is 7.04. The minimum absolute atomic E-state index is 0.415. The first-order valence-electron chi connectivity index (χ1n) is 7.04. The minimum Gasteiger partial charge on any atom is -0.374 e. The third-order valence-corrected chi connectivity index (χ3v) is 3.76. The molecule has 0 radical (unpaired) electrons. The summed E-state index contributed by atoms with van der Waals surface area (Å²) in [6, 6.07) is 0.705. The summed E-state index contributed by atoms with van der Waals surface area (Å²) in [6.07, 6.45) is 2.94. The molecule has 17 heavy (non-hydrogen) atoms. The van der Waals surface area contributed by atoms with E-state index in [-0.39, 0.29) is 0 Å². The second-order valence-electron chi connectivity index (χ2n) is 5.45. The Kier molecular flexibility index (Phi) is 5.22. The van der Waals surface area contributed by atoms with Gasteiger partial charge in [-0.1, -0.05) is 6.92 Å². The summed E-state index contributed by atoms with van der Waals surface area (Å²) in [7, 11) is 2.19. The summed E-state index contributed by atoms with van der Waals surface area (Å²) < 4.78 is 5.82. The molecule has 100 valence electrons. The van der Waals surface area contributed by atoms with Gasteiger partial charge in [-0.05, 0) is 33.0 Å². The van der Waals surface area contributed by atoms with E-state index in [2.05, 4.69) is 29.1 Å². The van der Waals surface area contributed by atoms with Crippen molar-refractivity contribution in [1.29, 1.82) is 0 Å². The predicted molar refractivity (Wildman–Crippen MR) is 70.4 cm³/mol. The standard InChI is InChI=1S/C13H27N3O/c1-3-5-14-12-4-6-16(9-12)11-13-10-15(2)7-8-17-13/h12-14H,3-11H2,1-2H3. The quantitative estimate of drug-likeness (QED) is 0.754. The molecule has 0 aromatic heterocycles. The van der Waals surface area contributed by atoms with E-state index >= 15 is 0 Å². The Morgan fingerprint density at radius 1 is 1.29 bits per heavy atom. The van der Waals surface area contributed by atoms with Crippen molar-refractivity contribution in [3.8, 4) is 0 Å². The average Bonchev–Trinajstić information content (AvgIpc) is 2.74. The number of nitrogens with one attached hydrogen (secondary N) is 1. The van der Waals surface area contributed by atoms with E-state index in [4.69, 9.17) is 4.74 Å². The van der Waals surface area contributed by atoms with Crippen LogP contribution in [0.1, 0.15) is 19.8 Å². The molecule has 0 spiro atoms. The molecular weight excluding hydrogens is 214 g/mol. The lowest BCUT2D eigenvalue weighted by Gasteiger charge is -2.32. The zero-order valence-electron chi connectivity index (χ0n) is 11.3. The summed E-state index contributed by atoms with van der Waals surface area (Å²) in [6.45, 7) is 9.98. The Morgan fingerprint density at radius 2 is 2.18 bits per heavy atom. The fraction of sp³-hybridized carbons (Fsp3) is 1.00. The molecule has 2 atom stereocenters. The molecule has 0 saturated carbocycles. The average molecular weight is 241 g/mol. The molecular formula is C13H27N3O. The zero-order valence-corrected chi connectivity index (χ0v) is 11.3. The lowest BCUT2D eigenvalue weighted by Crippen LogP contribution is -2.46. The minimum atomic E-state index is 0.415. The van der Waals surface area contributed by atoms with Crippen molar-refractivity contribution in [3.63, 3.8) is 0 Å². The molecule has 2 unspecified atom stereocenters. The highest BCUT2D eigenvalue weighted by atomic mass is 16.5. The zero-order chi connectivity index (χ0) is 12.1. The second-order valence-corrected chi connectivity index (χ2v) is 5.45. The Hall–Kier alpha value is -0.160. The number of morpholine rings is 1. The SMILES string of the molecule is CCCNC1CCN(CC2CN(C)CCO2)C1. The Morgan fingerprint density at radius 3 is 2.94 bits per heavy atom. The predicted octanol–water partition coefficient (Wildman–Crippen LogP) is 0.391. The molecule has 2 aliphatic rings. The molecule has 0 aliphatic carbocycles. The van der Waals surface area contributed by atoms with Crippen molar-refractivity contribution in [2.45, 2.75) is 31.9 Å². The van der Waals surface area contributed by atoms with E-state index in [1.54, 1.807) is 0 Å². The number of nitrogens with zero attached hydrogens (tertiary/aromatic N) is 2. The molecule has 0 bridgehead atoms. The van der Waals surface area contributed by atoms with Crippen LogP contribution >= 0.6 is 0 Å². The topological polar surface area (TPSA) is 27.7 Å². The summed E-state index contributed by atoms with van der Waals surface area (Å²) in [5, 5.41) is 3.61. The lowest BCUT2D eigenvalue weighted by molar-refractivity contribution is -0.0330. The Balaban J connectivity index is 1.66. The van der Waals surface area contributed by atoms with Gasteiger partial charge in [-0.2, -0.15) is 0 Å². The van der Waals surface area contributed by atoms with Crippen LogP contribution in [0.15, 0.2) is 0 Å². The normalized spacial score (nSPS) is 32.1. The van der Waals surface area contributed by atoms with Crippen LogP contribution in [-0.4, -0.2) is 74.9 Å². The summed E-state index contributed by atoms with van der Waals surface area (Å²) >= 11 is 0.